The Labute approximate surface area is 103 Å². The fraction of sp³-hybridized carbons (Fsp3) is 0.375. The average Bonchev–Trinajstić information content (AvgIpc) is 2.98. The minimum Gasteiger partial charge on any atom is -0.511 e. The number of aliphatic hydroxyl groups excluding tert-OH is 1. The van der Waals surface area contributed by atoms with Crippen molar-refractivity contribution in [1.29, 1.82) is 0 Å². The maximum Gasteiger partial charge on any atom is 0.108 e. The Hall–Kier alpha value is -1.50. The van der Waals surface area contributed by atoms with Crippen LogP contribution in [0.3, 0.4) is 0 Å². The van der Waals surface area contributed by atoms with Crippen LogP contribution in [0.25, 0.3) is 0 Å². The maximum atomic E-state index is 9.75. The Bertz CT molecular complexity index is 500. The summed E-state index contributed by atoms with van der Waals surface area (Å²) in [6, 6.07) is 0. The van der Waals surface area contributed by atoms with Crippen molar-refractivity contribution >= 4 is 0 Å². The highest BCUT2D eigenvalue weighted by Crippen LogP contribution is 2.52. The van der Waals surface area contributed by atoms with E-state index in [2.05, 4.69) is 31.7 Å². The van der Waals surface area contributed by atoms with Crippen molar-refractivity contribution in [3.63, 3.8) is 0 Å². The zero-order chi connectivity index (χ0) is 12.0. The lowest BCUT2D eigenvalue weighted by Crippen LogP contribution is -2.12. The second-order valence-corrected chi connectivity index (χ2v) is 5.22. The van der Waals surface area contributed by atoms with Crippen molar-refractivity contribution in [1.82, 2.24) is 0 Å². The molecular formula is C16H18O. The Morgan fingerprint density at radius 1 is 1.53 bits per heavy atom. The molecule has 0 spiro atoms. The molecular weight excluding hydrogens is 208 g/mol. The lowest BCUT2D eigenvalue weighted by molar-refractivity contribution is 0.422. The first-order chi connectivity index (χ1) is 8.22. The molecule has 0 radical (unpaired) electrons. The maximum absolute atomic E-state index is 9.75. The summed E-state index contributed by atoms with van der Waals surface area (Å²) in [5.74, 6) is 1.48. The molecule has 0 aromatic rings. The van der Waals surface area contributed by atoms with Gasteiger partial charge in [-0.15, -0.1) is 6.58 Å². The topological polar surface area (TPSA) is 20.2 Å². The molecule has 0 aromatic heterocycles. The smallest absolute Gasteiger partial charge is 0.108 e. The molecule has 0 unspecified atom stereocenters. The van der Waals surface area contributed by atoms with Crippen LogP contribution in [0.15, 0.2) is 58.9 Å². The van der Waals surface area contributed by atoms with E-state index in [4.69, 9.17) is 0 Å². The molecule has 0 saturated carbocycles. The minimum atomic E-state index is 0.253. The predicted octanol–water partition coefficient (Wildman–Crippen LogP) is 4.23. The van der Waals surface area contributed by atoms with E-state index in [-0.39, 0.29) is 5.92 Å². The van der Waals surface area contributed by atoms with Crippen LogP contribution >= 0.6 is 0 Å². The minimum absolute atomic E-state index is 0.253. The summed E-state index contributed by atoms with van der Waals surface area (Å²) in [6.45, 7) is 6.06. The lowest BCUT2D eigenvalue weighted by atomic mass is 9.77. The highest BCUT2D eigenvalue weighted by molar-refractivity contribution is 5.63. The first-order valence-electron chi connectivity index (χ1n) is 6.35. The normalized spacial score (nSPS) is 32.6. The van der Waals surface area contributed by atoms with Crippen molar-refractivity contribution in [3.8, 4) is 0 Å². The average molecular weight is 226 g/mol. The summed E-state index contributed by atoms with van der Waals surface area (Å²) in [5, 5.41) is 9.75. The first kappa shape index (κ1) is 10.6. The van der Waals surface area contributed by atoms with E-state index >= 15 is 0 Å². The molecule has 0 aromatic carbocycles. The molecule has 3 aliphatic rings. The summed E-state index contributed by atoms with van der Waals surface area (Å²) in [5.41, 5.74) is 5.54. The van der Waals surface area contributed by atoms with Gasteiger partial charge in [-0.1, -0.05) is 36.8 Å². The van der Waals surface area contributed by atoms with Gasteiger partial charge in [0.25, 0.3) is 0 Å². The van der Waals surface area contributed by atoms with Crippen molar-refractivity contribution in [2.75, 3.05) is 0 Å². The Morgan fingerprint density at radius 3 is 3.12 bits per heavy atom. The van der Waals surface area contributed by atoms with Crippen molar-refractivity contribution in [2.45, 2.75) is 26.2 Å². The van der Waals surface area contributed by atoms with Crippen LogP contribution in [0, 0.1) is 11.8 Å². The zero-order valence-electron chi connectivity index (χ0n) is 10.2. The Kier molecular flexibility index (Phi) is 2.36. The van der Waals surface area contributed by atoms with Crippen LogP contribution in [0.2, 0.25) is 0 Å². The molecule has 17 heavy (non-hydrogen) atoms. The van der Waals surface area contributed by atoms with E-state index in [1.165, 1.54) is 22.3 Å². The van der Waals surface area contributed by atoms with Crippen LogP contribution in [-0.2, 0) is 0 Å². The molecule has 1 nitrogen and oxygen atoms in total. The third-order valence-corrected chi connectivity index (χ3v) is 4.09. The van der Waals surface area contributed by atoms with Gasteiger partial charge in [-0.25, -0.2) is 0 Å². The second-order valence-electron chi connectivity index (χ2n) is 5.22. The highest BCUT2D eigenvalue weighted by Gasteiger charge is 2.41. The third kappa shape index (κ3) is 1.61. The van der Waals surface area contributed by atoms with Gasteiger partial charge in [-0.05, 0) is 36.3 Å². The van der Waals surface area contributed by atoms with E-state index in [1.54, 1.807) is 0 Å². The van der Waals surface area contributed by atoms with Gasteiger partial charge < -0.3 is 5.11 Å². The van der Waals surface area contributed by atoms with E-state index in [1.807, 2.05) is 6.08 Å². The molecule has 0 saturated heterocycles. The van der Waals surface area contributed by atoms with Gasteiger partial charge in [0.05, 0.1) is 5.92 Å². The van der Waals surface area contributed by atoms with Crippen LogP contribution in [-0.4, -0.2) is 5.11 Å². The third-order valence-electron chi connectivity index (χ3n) is 4.09. The number of rotatable bonds is 2. The number of hydrogen-bond acceptors (Lipinski definition) is 1. The van der Waals surface area contributed by atoms with Gasteiger partial charge in [0.15, 0.2) is 0 Å². The summed E-state index contributed by atoms with van der Waals surface area (Å²) >= 11 is 0. The molecule has 2 atom stereocenters. The number of hydrogen-bond donors (Lipinski definition) is 1. The molecule has 0 amide bonds. The fourth-order valence-electron chi connectivity index (χ4n) is 2.99. The quantitative estimate of drug-likeness (QED) is 0.699. The number of aliphatic hydroxyl groups is 1. The summed E-state index contributed by atoms with van der Waals surface area (Å²) in [4.78, 5) is 0. The van der Waals surface area contributed by atoms with Crippen LogP contribution in [0.5, 0.6) is 0 Å². The fourth-order valence-corrected chi connectivity index (χ4v) is 2.99. The number of allylic oxidation sites excluding steroid dienone is 8. The van der Waals surface area contributed by atoms with Gasteiger partial charge in [0.2, 0.25) is 0 Å². The molecule has 0 fully saturated rings. The van der Waals surface area contributed by atoms with Crippen molar-refractivity contribution < 1.29 is 5.11 Å². The van der Waals surface area contributed by atoms with Gasteiger partial charge in [-0.3, -0.25) is 0 Å². The molecule has 0 heterocycles. The Morgan fingerprint density at radius 2 is 2.35 bits per heavy atom. The van der Waals surface area contributed by atoms with Crippen LogP contribution < -0.4 is 0 Å². The first-order valence-corrected chi connectivity index (χ1v) is 6.35. The van der Waals surface area contributed by atoms with E-state index in [9.17, 15) is 5.11 Å². The predicted molar refractivity (Wildman–Crippen MR) is 70.6 cm³/mol. The van der Waals surface area contributed by atoms with Crippen LogP contribution in [0.4, 0.5) is 0 Å². The van der Waals surface area contributed by atoms with Gasteiger partial charge in [0, 0.05) is 5.57 Å². The number of fused-ring (bicyclic) bond motifs is 2. The van der Waals surface area contributed by atoms with Gasteiger partial charge in [-0.2, -0.15) is 0 Å². The van der Waals surface area contributed by atoms with E-state index in [0.29, 0.717) is 11.7 Å². The monoisotopic (exact) mass is 226 g/mol. The Balaban J connectivity index is 1.92. The molecule has 3 aliphatic carbocycles. The largest absolute Gasteiger partial charge is 0.511 e. The van der Waals surface area contributed by atoms with Gasteiger partial charge in [0.1, 0.15) is 5.76 Å². The summed E-state index contributed by atoms with van der Waals surface area (Å²) < 4.78 is 0. The molecule has 0 bridgehead atoms. The molecule has 1 heteroatoms. The molecule has 0 aliphatic heterocycles. The van der Waals surface area contributed by atoms with E-state index < -0.39 is 0 Å². The van der Waals surface area contributed by atoms with Crippen molar-refractivity contribution in [2.24, 2.45) is 11.8 Å². The van der Waals surface area contributed by atoms with Gasteiger partial charge >= 0.3 is 0 Å². The molecule has 88 valence electrons. The van der Waals surface area contributed by atoms with E-state index in [0.717, 1.165) is 19.3 Å². The zero-order valence-corrected chi connectivity index (χ0v) is 10.2. The standard InChI is InChI=1S/C16H18O/c1-3-4-5-11-9-14-12(8-10(11)2)6-7-13-15(14)16(13)17/h3,5-7,10,13,17H,1,4,8-9H2,2H3/b11-5-/t10-,13-/m0/s1. The highest BCUT2D eigenvalue weighted by atomic mass is 16.3. The SMILES string of the molecule is C=CC/C=C1/CC2=C(C=C[C@@H]3C(O)=C23)C[C@@H]1C. The van der Waals surface area contributed by atoms with Crippen LogP contribution in [0.1, 0.15) is 26.2 Å². The summed E-state index contributed by atoms with van der Waals surface area (Å²) in [6.07, 6.45) is 11.7. The lowest BCUT2D eigenvalue weighted by Gasteiger charge is -2.27. The molecule has 1 N–H and O–H groups in total. The summed E-state index contributed by atoms with van der Waals surface area (Å²) in [7, 11) is 0. The second kappa shape index (κ2) is 3.76. The molecule has 3 rings (SSSR count). The van der Waals surface area contributed by atoms with Crippen molar-refractivity contribution in [3.05, 3.63) is 58.9 Å².